The second-order valence-electron chi connectivity index (χ2n) is 4.92. The predicted octanol–water partition coefficient (Wildman–Crippen LogP) is 3.54. The molecular formula is C16H11BrN2O2. The largest absolute Gasteiger partial charge is 0.478 e. The summed E-state index contributed by atoms with van der Waals surface area (Å²) in [6, 6.07) is 12.8. The van der Waals surface area contributed by atoms with Crippen LogP contribution < -0.4 is 4.90 Å². The van der Waals surface area contributed by atoms with Gasteiger partial charge in [-0.2, -0.15) is 5.26 Å². The average Bonchev–Trinajstić information content (AvgIpc) is 2.89. The summed E-state index contributed by atoms with van der Waals surface area (Å²) < 4.78 is 0.868. The van der Waals surface area contributed by atoms with Gasteiger partial charge in [0.25, 0.3) is 0 Å². The van der Waals surface area contributed by atoms with Crippen LogP contribution >= 0.6 is 15.9 Å². The summed E-state index contributed by atoms with van der Waals surface area (Å²) in [5, 5.41) is 18.0. The van der Waals surface area contributed by atoms with E-state index < -0.39 is 5.97 Å². The molecule has 0 amide bonds. The molecular weight excluding hydrogens is 332 g/mol. The van der Waals surface area contributed by atoms with Gasteiger partial charge in [-0.1, -0.05) is 6.07 Å². The Morgan fingerprint density at radius 2 is 1.95 bits per heavy atom. The van der Waals surface area contributed by atoms with E-state index >= 15 is 0 Å². The first-order valence-electron chi connectivity index (χ1n) is 6.38. The molecule has 0 aliphatic carbocycles. The Morgan fingerprint density at radius 3 is 2.62 bits per heavy atom. The van der Waals surface area contributed by atoms with Gasteiger partial charge in [0.15, 0.2) is 0 Å². The van der Waals surface area contributed by atoms with Gasteiger partial charge >= 0.3 is 5.97 Å². The maximum Gasteiger partial charge on any atom is 0.335 e. The molecule has 0 radical (unpaired) electrons. The Balaban J connectivity index is 1.91. The number of carboxylic acids is 1. The third-order valence-electron chi connectivity index (χ3n) is 3.59. The van der Waals surface area contributed by atoms with Gasteiger partial charge < -0.3 is 10.0 Å². The van der Waals surface area contributed by atoms with E-state index in [0.717, 1.165) is 27.8 Å². The van der Waals surface area contributed by atoms with Crippen molar-refractivity contribution in [2.75, 3.05) is 4.90 Å². The van der Waals surface area contributed by atoms with E-state index in [1.54, 1.807) is 24.3 Å². The van der Waals surface area contributed by atoms with Crippen LogP contribution in [-0.2, 0) is 13.1 Å². The summed E-state index contributed by atoms with van der Waals surface area (Å²) >= 11 is 3.49. The van der Waals surface area contributed by atoms with E-state index in [2.05, 4.69) is 26.9 Å². The monoisotopic (exact) mass is 342 g/mol. The standard InChI is InChI=1S/C16H11BrN2O2/c17-14-5-10(7-18)1-4-15(14)19-8-12-3-2-11(16(20)21)6-13(12)9-19/h1-6H,8-9H2,(H,20,21). The first-order valence-corrected chi connectivity index (χ1v) is 7.17. The highest BCUT2D eigenvalue weighted by Gasteiger charge is 2.22. The number of nitriles is 1. The smallest absolute Gasteiger partial charge is 0.335 e. The third kappa shape index (κ3) is 2.50. The summed E-state index contributed by atoms with van der Waals surface area (Å²) in [7, 11) is 0. The lowest BCUT2D eigenvalue weighted by Crippen LogP contribution is -2.14. The Hall–Kier alpha value is -2.32. The molecule has 0 atom stereocenters. The molecule has 1 aliphatic heterocycles. The fraction of sp³-hybridized carbons (Fsp3) is 0.125. The van der Waals surface area contributed by atoms with Crippen molar-refractivity contribution < 1.29 is 9.90 Å². The molecule has 2 aromatic carbocycles. The zero-order valence-corrected chi connectivity index (χ0v) is 12.6. The number of nitrogens with zero attached hydrogens (tertiary/aromatic N) is 2. The number of carboxylic acid groups (broad SMARTS) is 1. The van der Waals surface area contributed by atoms with E-state index in [4.69, 9.17) is 10.4 Å². The van der Waals surface area contributed by atoms with Crippen molar-refractivity contribution >= 4 is 27.6 Å². The number of hydrogen-bond acceptors (Lipinski definition) is 3. The normalized spacial score (nSPS) is 12.9. The van der Waals surface area contributed by atoms with Crippen molar-refractivity contribution in [3.63, 3.8) is 0 Å². The zero-order valence-electron chi connectivity index (χ0n) is 11.0. The van der Waals surface area contributed by atoms with Gasteiger partial charge in [-0.15, -0.1) is 0 Å². The SMILES string of the molecule is N#Cc1ccc(N2Cc3ccc(C(=O)O)cc3C2)c(Br)c1. The number of halogens is 1. The quantitative estimate of drug-likeness (QED) is 0.906. The Bertz CT molecular complexity index is 780. The number of hydrogen-bond donors (Lipinski definition) is 1. The van der Waals surface area contributed by atoms with E-state index in [0.29, 0.717) is 17.7 Å². The van der Waals surface area contributed by atoms with Gasteiger partial charge in [0.1, 0.15) is 0 Å². The fourth-order valence-corrected chi connectivity index (χ4v) is 3.16. The van der Waals surface area contributed by atoms with Crippen LogP contribution in [0.4, 0.5) is 5.69 Å². The van der Waals surface area contributed by atoms with Gasteiger partial charge in [0, 0.05) is 17.6 Å². The van der Waals surface area contributed by atoms with Crippen LogP contribution in [0.25, 0.3) is 0 Å². The molecule has 1 heterocycles. The first-order chi connectivity index (χ1) is 10.1. The summed E-state index contributed by atoms with van der Waals surface area (Å²) in [6.07, 6.45) is 0. The summed E-state index contributed by atoms with van der Waals surface area (Å²) in [5.74, 6) is -0.907. The molecule has 4 nitrogen and oxygen atoms in total. The average molecular weight is 343 g/mol. The van der Waals surface area contributed by atoms with E-state index in [9.17, 15) is 4.79 Å². The molecule has 0 fully saturated rings. The molecule has 0 aromatic heterocycles. The Morgan fingerprint density at radius 1 is 1.19 bits per heavy atom. The fourth-order valence-electron chi connectivity index (χ4n) is 2.53. The van der Waals surface area contributed by atoms with Crippen molar-refractivity contribution in [2.45, 2.75) is 13.1 Å². The molecule has 5 heteroatoms. The van der Waals surface area contributed by atoms with Crippen LogP contribution in [0.3, 0.4) is 0 Å². The summed E-state index contributed by atoms with van der Waals surface area (Å²) in [5.41, 5.74) is 4.09. The highest BCUT2D eigenvalue weighted by molar-refractivity contribution is 9.10. The molecule has 0 saturated carbocycles. The van der Waals surface area contributed by atoms with Gasteiger partial charge in [0.05, 0.1) is 22.9 Å². The van der Waals surface area contributed by atoms with Crippen LogP contribution in [0.2, 0.25) is 0 Å². The molecule has 3 rings (SSSR count). The van der Waals surface area contributed by atoms with Gasteiger partial charge in [-0.3, -0.25) is 0 Å². The predicted molar refractivity (Wildman–Crippen MR) is 82.1 cm³/mol. The first kappa shape index (κ1) is 13.7. The van der Waals surface area contributed by atoms with Crippen LogP contribution in [0.15, 0.2) is 40.9 Å². The maximum absolute atomic E-state index is 11.0. The second kappa shape index (κ2) is 5.23. The molecule has 0 bridgehead atoms. The number of rotatable bonds is 2. The second-order valence-corrected chi connectivity index (χ2v) is 5.78. The third-order valence-corrected chi connectivity index (χ3v) is 4.23. The summed E-state index contributed by atoms with van der Waals surface area (Å²) in [4.78, 5) is 13.2. The molecule has 0 saturated heterocycles. The number of anilines is 1. The molecule has 1 aliphatic rings. The van der Waals surface area contributed by atoms with E-state index in [1.807, 2.05) is 12.1 Å². The van der Waals surface area contributed by atoms with Crippen molar-refractivity contribution in [2.24, 2.45) is 0 Å². The lowest BCUT2D eigenvalue weighted by atomic mass is 10.1. The van der Waals surface area contributed by atoms with Crippen molar-refractivity contribution in [1.29, 1.82) is 5.26 Å². The minimum Gasteiger partial charge on any atom is -0.478 e. The highest BCUT2D eigenvalue weighted by Crippen LogP contribution is 2.34. The number of carbonyl (C=O) groups is 1. The highest BCUT2D eigenvalue weighted by atomic mass is 79.9. The molecule has 0 spiro atoms. The van der Waals surface area contributed by atoms with Crippen LogP contribution in [0.1, 0.15) is 27.0 Å². The molecule has 0 unspecified atom stereocenters. The van der Waals surface area contributed by atoms with E-state index in [1.165, 1.54) is 0 Å². The van der Waals surface area contributed by atoms with Crippen LogP contribution in [0.5, 0.6) is 0 Å². The maximum atomic E-state index is 11.0. The zero-order chi connectivity index (χ0) is 15.0. The van der Waals surface area contributed by atoms with Crippen molar-refractivity contribution in [1.82, 2.24) is 0 Å². The lowest BCUT2D eigenvalue weighted by molar-refractivity contribution is 0.0697. The van der Waals surface area contributed by atoms with Crippen molar-refractivity contribution in [3.8, 4) is 6.07 Å². The summed E-state index contributed by atoms with van der Waals surface area (Å²) in [6.45, 7) is 1.40. The number of fused-ring (bicyclic) bond motifs is 1. The number of benzene rings is 2. The van der Waals surface area contributed by atoms with Gasteiger partial charge in [-0.25, -0.2) is 4.79 Å². The Kier molecular flexibility index (Phi) is 3.40. The topological polar surface area (TPSA) is 64.3 Å². The Labute approximate surface area is 130 Å². The molecule has 104 valence electrons. The van der Waals surface area contributed by atoms with Gasteiger partial charge in [0.2, 0.25) is 0 Å². The van der Waals surface area contributed by atoms with Crippen LogP contribution in [0, 0.1) is 11.3 Å². The molecule has 1 N–H and O–H groups in total. The number of aromatic carboxylic acids is 1. The van der Waals surface area contributed by atoms with Crippen molar-refractivity contribution in [3.05, 3.63) is 63.1 Å². The van der Waals surface area contributed by atoms with Crippen LogP contribution in [-0.4, -0.2) is 11.1 Å². The minimum atomic E-state index is -0.907. The molecule has 2 aromatic rings. The lowest BCUT2D eigenvalue weighted by Gasteiger charge is -2.19. The van der Waals surface area contributed by atoms with E-state index in [-0.39, 0.29) is 0 Å². The molecule has 21 heavy (non-hydrogen) atoms. The van der Waals surface area contributed by atoms with Gasteiger partial charge in [-0.05, 0) is 57.4 Å². The minimum absolute atomic E-state index is 0.314.